The van der Waals surface area contributed by atoms with Gasteiger partial charge in [0.25, 0.3) is 0 Å². The summed E-state index contributed by atoms with van der Waals surface area (Å²) in [6.07, 6.45) is -11.7. The van der Waals surface area contributed by atoms with Crippen molar-refractivity contribution in [2.24, 2.45) is 0 Å². The molecule has 0 radical (unpaired) electrons. The van der Waals surface area contributed by atoms with E-state index in [0.29, 0.717) is 0 Å². The Balaban J connectivity index is 2.06. The fraction of sp³-hybridized carbons (Fsp3) is 1.00. The summed E-state index contributed by atoms with van der Waals surface area (Å²) in [7, 11) is 0. The molecule has 2 aliphatic heterocycles. The second-order valence-corrected chi connectivity index (χ2v) is 5.83. The molecule has 2 rings (SSSR count). The van der Waals surface area contributed by atoms with E-state index < -0.39 is 67.8 Å². The number of ether oxygens (including phenoxy) is 3. The molecule has 22 heavy (non-hydrogen) atoms. The third-order valence-corrected chi connectivity index (χ3v) is 4.20. The van der Waals surface area contributed by atoms with Crippen LogP contribution in [0.15, 0.2) is 0 Å². The van der Waals surface area contributed by atoms with Crippen molar-refractivity contribution in [3.05, 3.63) is 0 Å². The van der Waals surface area contributed by atoms with E-state index in [0.717, 1.165) is 0 Å². The van der Waals surface area contributed by atoms with Gasteiger partial charge in [0.05, 0.1) is 18.8 Å². The van der Waals surface area contributed by atoms with Crippen LogP contribution in [0.3, 0.4) is 0 Å². The van der Waals surface area contributed by atoms with Crippen LogP contribution >= 0.6 is 0 Å². The Hall–Kier alpha value is -0.360. The van der Waals surface area contributed by atoms with Gasteiger partial charge < -0.3 is 44.8 Å². The molecule has 130 valence electrons. The van der Waals surface area contributed by atoms with E-state index in [-0.39, 0.29) is 0 Å². The Bertz CT molecular complexity index is 367. The lowest BCUT2D eigenvalue weighted by Gasteiger charge is -2.45. The van der Waals surface area contributed by atoms with Crippen molar-refractivity contribution < 1.29 is 44.8 Å². The van der Waals surface area contributed by atoms with Crippen LogP contribution in [0, 0.1) is 0 Å². The Morgan fingerprint density at radius 3 is 2.00 bits per heavy atom. The molecule has 0 saturated carbocycles. The van der Waals surface area contributed by atoms with Gasteiger partial charge in [-0.3, -0.25) is 0 Å². The van der Waals surface area contributed by atoms with Gasteiger partial charge in [-0.05, 0) is 13.8 Å². The molecule has 0 aromatic heterocycles. The summed E-state index contributed by atoms with van der Waals surface area (Å²) < 4.78 is 16.1. The molecule has 2 saturated heterocycles. The number of hydrogen-bond donors (Lipinski definition) is 6. The Labute approximate surface area is 127 Å². The Morgan fingerprint density at radius 1 is 0.773 bits per heavy atom. The van der Waals surface area contributed by atoms with E-state index in [1.165, 1.54) is 6.92 Å². The van der Waals surface area contributed by atoms with Crippen LogP contribution in [0.25, 0.3) is 0 Å². The Kier molecular flexibility index (Phi) is 5.75. The molecule has 10 atom stereocenters. The predicted molar refractivity (Wildman–Crippen MR) is 70.7 cm³/mol. The number of hydrogen-bond acceptors (Lipinski definition) is 9. The summed E-state index contributed by atoms with van der Waals surface area (Å²) in [5.74, 6) is 0. The van der Waals surface area contributed by atoms with Gasteiger partial charge in [0.1, 0.15) is 42.7 Å². The maximum absolute atomic E-state index is 10.1. The predicted octanol–water partition coefficient (Wildman–Crippen LogP) is -3.30. The van der Waals surface area contributed by atoms with Crippen molar-refractivity contribution in [2.45, 2.75) is 75.1 Å². The molecular formula is C13H24O9. The summed E-state index contributed by atoms with van der Waals surface area (Å²) in [6, 6.07) is 0. The highest BCUT2D eigenvalue weighted by Gasteiger charge is 2.48. The molecule has 0 amide bonds. The molecule has 2 fully saturated rings. The number of aliphatic hydroxyl groups excluding tert-OH is 6. The van der Waals surface area contributed by atoms with Gasteiger partial charge in [0, 0.05) is 0 Å². The van der Waals surface area contributed by atoms with Gasteiger partial charge in [-0.2, -0.15) is 0 Å². The first kappa shape index (κ1) is 18.0. The molecule has 9 heteroatoms. The molecule has 6 unspecified atom stereocenters. The minimum atomic E-state index is -1.52. The first-order chi connectivity index (χ1) is 10.3. The molecule has 0 spiro atoms. The van der Waals surface area contributed by atoms with Crippen LogP contribution in [-0.4, -0.2) is 98.5 Å². The van der Waals surface area contributed by atoms with Crippen molar-refractivity contribution in [1.29, 1.82) is 0 Å². The molecule has 9 nitrogen and oxygen atoms in total. The van der Waals surface area contributed by atoms with E-state index in [9.17, 15) is 25.5 Å². The molecule has 2 heterocycles. The van der Waals surface area contributed by atoms with Crippen LogP contribution in [0.2, 0.25) is 0 Å². The molecule has 6 N–H and O–H groups in total. The highest BCUT2D eigenvalue weighted by molar-refractivity contribution is 4.93. The van der Waals surface area contributed by atoms with Crippen molar-refractivity contribution in [3.63, 3.8) is 0 Å². The molecule has 0 bridgehead atoms. The lowest BCUT2D eigenvalue weighted by Crippen LogP contribution is -2.63. The van der Waals surface area contributed by atoms with E-state index in [2.05, 4.69) is 0 Å². The average molecular weight is 324 g/mol. The average Bonchev–Trinajstić information content (AvgIpc) is 2.49. The molecule has 2 aliphatic rings. The summed E-state index contributed by atoms with van der Waals surface area (Å²) in [6.45, 7) is 2.62. The van der Waals surface area contributed by atoms with Crippen molar-refractivity contribution >= 4 is 0 Å². The van der Waals surface area contributed by atoms with E-state index in [1.807, 2.05) is 0 Å². The summed E-state index contributed by atoms with van der Waals surface area (Å²) >= 11 is 0. The van der Waals surface area contributed by atoms with Crippen LogP contribution in [0.1, 0.15) is 13.8 Å². The minimum absolute atomic E-state index is 0.459. The van der Waals surface area contributed by atoms with Gasteiger partial charge in [-0.1, -0.05) is 0 Å². The minimum Gasteiger partial charge on any atom is -0.394 e. The second kappa shape index (κ2) is 7.04. The van der Waals surface area contributed by atoms with Crippen molar-refractivity contribution in [2.75, 3.05) is 6.61 Å². The third-order valence-electron chi connectivity index (χ3n) is 4.20. The van der Waals surface area contributed by atoms with Crippen LogP contribution < -0.4 is 0 Å². The topological polar surface area (TPSA) is 149 Å². The first-order valence-electron chi connectivity index (χ1n) is 7.25. The summed E-state index contributed by atoms with van der Waals surface area (Å²) in [4.78, 5) is 0. The number of aliphatic hydroxyl groups is 6. The molecular weight excluding hydrogens is 300 g/mol. The maximum atomic E-state index is 10.1. The normalized spacial score (nSPS) is 53.5. The first-order valence-corrected chi connectivity index (χ1v) is 7.25. The van der Waals surface area contributed by atoms with Gasteiger partial charge in [0.2, 0.25) is 0 Å². The Morgan fingerprint density at radius 2 is 1.41 bits per heavy atom. The van der Waals surface area contributed by atoms with Gasteiger partial charge in [-0.25, -0.2) is 0 Å². The zero-order chi connectivity index (χ0) is 16.6. The lowest BCUT2D eigenvalue weighted by molar-refractivity contribution is -0.335. The highest BCUT2D eigenvalue weighted by atomic mass is 16.7. The smallest absolute Gasteiger partial charge is 0.187 e. The highest BCUT2D eigenvalue weighted by Crippen LogP contribution is 2.28. The fourth-order valence-electron chi connectivity index (χ4n) is 2.75. The third kappa shape index (κ3) is 3.28. The fourth-order valence-corrected chi connectivity index (χ4v) is 2.75. The standard InChI is InChI=1S/C13H24O9/c1-4-7(15)9(17)11(19)13(21-4)22-12-5(2)20-6(3-14)8(16)10(12)18/h4-19H,3H2,1-2H3/t4?,5?,6-,7?,8-,9?,10?,11?,12+,13+/m1/s1. The monoisotopic (exact) mass is 324 g/mol. The van der Waals surface area contributed by atoms with Gasteiger partial charge in [0.15, 0.2) is 6.29 Å². The number of rotatable bonds is 3. The quantitative estimate of drug-likeness (QED) is 0.314. The summed E-state index contributed by atoms with van der Waals surface area (Å²) in [5.41, 5.74) is 0. The second-order valence-electron chi connectivity index (χ2n) is 5.83. The zero-order valence-corrected chi connectivity index (χ0v) is 12.4. The van der Waals surface area contributed by atoms with E-state index >= 15 is 0 Å². The zero-order valence-electron chi connectivity index (χ0n) is 12.4. The summed E-state index contributed by atoms with van der Waals surface area (Å²) in [5, 5.41) is 58.3. The molecule has 0 aromatic rings. The van der Waals surface area contributed by atoms with E-state index in [4.69, 9.17) is 19.3 Å². The van der Waals surface area contributed by atoms with Gasteiger partial charge in [-0.15, -0.1) is 0 Å². The van der Waals surface area contributed by atoms with E-state index in [1.54, 1.807) is 6.92 Å². The molecule has 0 aromatic carbocycles. The van der Waals surface area contributed by atoms with Crippen molar-refractivity contribution in [3.8, 4) is 0 Å². The van der Waals surface area contributed by atoms with Gasteiger partial charge >= 0.3 is 0 Å². The maximum Gasteiger partial charge on any atom is 0.187 e. The largest absolute Gasteiger partial charge is 0.394 e. The SMILES string of the molecule is CC1O[C@@H](O[C@H]2C(C)O[C@H](CO)[C@@H](O)C2O)C(O)C(O)C1O. The van der Waals surface area contributed by atoms with Crippen LogP contribution in [0.4, 0.5) is 0 Å². The van der Waals surface area contributed by atoms with Crippen LogP contribution in [0.5, 0.6) is 0 Å². The van der Waals surface area contributed by atoms with Crippen molar-refractivity contribution in [1.82, 2.24) is 0 Å². The lowest BCUT2D eigenvalue weighted by atomic mass is 9.95. The van der Waals surface area contributed by atoms with Crippen LogP contribution in [-0.2, 0) is 14.2 Å². The molecule has 0 aliphatic carbocycles.